The first-order chi connectivity index (χ1) is 13.7. The van der Waals surface area contributed by atoms with E-state index in [1.54, 1.807) is 6.07 Å². The van der Waals surface area contributed by atoms with Gasteiger partial charge in [-0.25, -0.2) is 9.78 Å². The molecule has 1 aromatic rings. The van der Waals surface area contributed by atoms with E-state index in [1.807, 2.05) is 12.1 Å². The summed E-state index contributed by atoms with van der Waals surface area (Å²) in [4.78, 5) is 24.0. The van der Waals surface area contributed by atoms with E-state index in [-0.39, 0.29) is 5.97 Å². The molecule has 1 saturated heterocycles. The quantitative estimate of drug-likeness (QED) is 0.636. The molecule has 1 aliphatic heterocycles. The van der Waals surface area contributed by atoms with Gasteiger partial charge in [0.15, 0.2) is 0 Å². The number of hydrogen-bond donors (Lipinski definition) is 0. The van der Waals surface area contributed by atoms with Crippen LogP contribution in [0.2, 0.25) is 0 Å². The van der Waals surface area contributed by atoms with E-state index in [0.29, 0.717) is 5.69 Å². The molecular formula is C22H38N4O2. The van der Waals surface area contributed by atoms with Crippen molar-refractivity contribution in [2.45, 2.75) is 46.1 Å². The molecule has 0 saturated carbocycles. The number of carbonyl (C=O) groups is 1. The first-order valence-corrected chi connectivity index (χ1v) is 10.9. The molecule has 28 heavy (non-hydrogen) atoms. The van der Waals surface area contributed by atoms with E-state index in [1.165, 1.54) is 52.4 Å². The monoisotopic (exact) mass is 390 g/mol. The van der Waals surface area contributed by atoms with Crippen LogP contribution in [0.15, 0.2) is 18.2 Å². The largest absolute Gasteiger partial charge is 0.464 e. The summed E-state index contributed by atoms with van der Waals surface area (Å²) in [6.45, 7) is 14.4. The van der Waals surface area contributed by atoms with Crippen molar-refractivity contribution in [2.75, 3.05) is 59.5 Å². The molecule has 0 unspecified atom stereocenters. The molecule has 0 amide bonds. The molecule has 2 rings (SSSR count). The maximum absolute atomic E-state index is 11.8. The molecule has 0 N–H and O–H groups in total. The van der Waals surface area contributed by atoms with Crippen LogP contribution < -0.4 is 0 Å². The molecule has 0 atom stereocenters. The Morgan fingerprint density at radius 3 is 2.32 bits per heavy atom. The van der Waals surface area contributed by atoms with Crippen molar-refractivity contribution in [3.05, 3.63) is 29.6 Å². The number of aromatic nitrogens is 1. The molecular weight excluding hydrogens is 352 g/mol. The van der Waals surface area contributed by atoms with Crippen molar-refractivity contribution in [1.82, 2.24) is 19.7 Å². The average molecular weight is 391 g/mol. The number of nitrogens with zero attached hydrogens (tertiary/aromatic N) is 4. The minimum Gasteiger partial charge on any atom is -0.464 e. The summed E-state index contributed by atoms with van der Waals surface area (Å²) in [5.41, 5.74) is 1.32. The van der Waals surface area contributed by atoms with Gasteiger partial charge in [0.1, 0.15) is 5.69 Å². The summed E-state index contributed by atoms with van der Waals surface area (Å²) < 4.78 is 4.81. The molecule has 0 radical (unpaired) electrons. The van der Waals surface area contributed by atoms with Crippen molar-refractivity contribution in [2.24, 2.45) is 0 Å². The lowest BCUT2D eigenvalue weighted by Gasteiger charge is -2.32. The fourth-order valence-corrected chi connectivity index (χ4v) is 3.74. The molecule has 6 nitrogen and oxygen atoms in total. The molecule has 0 aromatic carbocycles. The summed E-state index contributed by atoms with van der Waals surface area (Å²) >= 11 is 0. The fraction of sp³-hybridized carbons (Fsp3) is 0.727. The fourth-order valence-electron chi connectivity index (χ4n) is 3.74. The zero-order valence-electron chi connectivity index (χ0n) is 18.0. The van der Waals surface area contributed by atoms with Gasteiger partial charge in [0.05, 0.1) is 12.8 Å². The van der Waals surface area contributed by atoms with E-state index >= 15 is 0 Å². The SMILES string of the molecule is CCCCN1CCN(CCC)CCCN(Cc2cccc(C(=O)OC)n2)CC1. The second-order valence-corrected chi connectivity index (χ2v) is 7.67. The van der Waals surface area contributed by atoms with Crippen LogP contribution in [-0.4, -0.2) is 85.1 Å². The maximum Gasteiger partial charge on any atom is 0.356 e. The Bertz CT molecular complexity index is 581. The smallest absolute Gasteiger partial charge is 0.356 e. The molecule has 6 heteroatoms. The number of carbonyl (C=O) groups excluding carboxylic acids is 1. The average Bonchev–Trinajstić information content (AvgIpc) is 2.72. The number of hydrogen-bond acceptors (Lipinski definition) is 6. The Kier molecular flexibility index (Phi) is 10.5. The lowest BCUT2D eigenvalue weighted by atomic mass is 10.2. The van der Waals surface area contributed by atoms with Gasteiger partial charge in [0.2, 0.25) is 0 Å². The first kappa shape index (κ1) is 22.8. The van der Waals surface area contributed by atoms with Crippen molar-refractivity contribution in [1.29, 1.82) is 0 Å². The van der Waals surface area contributed by atoms with Gasteiger partial charge in [-0.1, -0.05) is 26.3 Å². The van der Waals surface area contributed by atoms with Crippen LogP contribution in [-0.2, 0) is 11.3 Å². The number of pyridine rings is 1. The number of methoxy groups -OCH3 is 1. The number of rotatable bonds is 8. The maximum atomic E-state index is 11.8. The van der Waals surface area contributed by atoms with E-state index in [0.717, 1.165) is 45.0 Å². The van der Waals surface area contributed by atoms with Gasteiger partial charge in [0, 0.05) is 32.7 Å². The van der Waals surface area contributed by atoms with Crippen LogP contribution in [0.5, 0.6) is 0 Å². The minimum absolute atomic E-state index is 0.372. The van der Waals surface area contributed by atoms with Crippen LogP contribution in [0.1, 0.15) is 55.7 Å². The summed E-state index contributed by atoms with van der Waals surface area (Å²) in [5.74, 6) is -0.372. The van der Waals surface area contributed by atoms with Gasteiger partial charge >= 0.3 is 5.97 Å². The van der Waals surface area contributed by atoms with Gasteiger partial charge in [-0.15, -0.1) is 0 Å². The number of ether oxygens (including phenoxy) is 1. The second kappa shape index (κ2) is 12.9. The highest BCUT2D eigenvalue weighted by molar-refractivity contribution is 5.87. The van der Waals surface area contributed by atoms with Gasteiger partial charge < -0.3 is 14.5 Å². The van der Waals surface area contributed by atoms with Crippen molar-refractivity contribution in [3.63, 3.8) is 0 Å². The zero-order chi connectivity index (χ0) is 20.2. The molecule has 0 aliphatic carbocycles. The van der Waals surface area contributed by atoms with Crippen LogP contribution in [0, 0.1) is 0 Å². The Labute approximate surface area is 170 Å². The molecule has 2 heterocycles. The summed E-state index contributed by atoms with van der Waals surface area (Å²) in [6, 6.07) is 5.61. The summed E-state index contributed by atoms with van der Waals surface area (Å²) in [7, 11) is 1.40. The van der Waals surface area contributed by atoms with Crippen LogP contribution >= 0.6 is 0 Å². The minimum atomic E-state index is -0.372. The first-order valence-electron chi connectivity index (χ1n) is 10.9. The number of esters is 1. The van der Waals surface area contributed by atoms with E-state index in [4.69, 9.17) is 4.74 Å². The van der Waals surface area contributed by atoms with Crippen LogP contribution in [0.3, 0.4) is 0 Å². The predicted molar refractivity (Wildman–Crippen MR) is 114 cm³/mol. The third-order valence-electron chi connectivity index (χ3n) is 5.37. The Morgan fingerprint density at radius 1 is 0.964 bits per heavy atom. The lowest BCUT2D eigenvalue weighted by molar-refractivity contribution is 0.0593. The van der Waals surface area contributed by atoms with Crippen LogP contribution in [0.4, 0.5) is 0 Å². The molecule has 0 spiro atoms. The molecule has 1 aromatic heterocycles. The van der Waals surface area contributed by atoms with Crippen LogP contribution in [0.25, 0.3) is 0 Å². The Balaban J connectivity index is 2.02. The molecule has 1 fully saturated rings. The highest BCUT2D eigenvalue weighted by Gasteiger charge is 2.16. The molecule has 1 aliphatic rings. The summed E-state index contributed by atoms with van der Waals surface area (Å²) in [5, 5.41) is 0. The van der Waals surface area contributed by atoms with Gasteiger partial charge in [0.25, 0.3) is 0 Å². The molecule has 0 bridgehead atoms. The summed E-state index contributed by atoms with van der Waals surface area (Å²) in [6.07, 6.45) is 4.88. The van der Waals surface area contributed by atoms with Crippen molar-refractivity contribution < 1.29 is 9.53 Å². The lowest BCUT2D eigenvalue weighted by Crippen LogP contribution is -2.43. The zero-order valence-corrected chi connectivity index (χ0v) is 18.0. The molecule has 158 valence electrons. The highest BCUT2D eigenvalue weighted by atomic mass is 16.5. The van der Waals surface area contributed by atoms with E-state index in [9.17, 15) is 4.79 Å². The van der Waals surface area contributed by atoms with E-state index in [2.05, 4.69) is 33.5 Å². The third kappa shape index (κ3) is 7.86. The Morgan fingerprint density at radius 2 is 1.64 bits per heavy atom. The topological polar surface area (TPSA) is 48.9 Å². The normalized spacial score (nSPS) is 18.1. The highest BCUT2D eigenvalue weighted by Crippen LogP contribution is 2.09. The Hall–Kier alpha value is -1.50. The number of unbranched alkanes of at least 4 members (excludes halogenated alkanes) is 1. The van der Waals surface area contributed by atoms with Crippen molar-refractivity contribution in [3.8, 4) is 0 Å². The standard InChI is InChI=1S/C22H38N4O2/c1-4-6-12-25-16-15-24(11-5-2)13-8-14-26(18-17-25)19-20-9-7-10-21(23-20)22(27)28-3/h7,9-10H,4-6,8,11-19H2,1-3H3. The van der Waals surface area contributed by atoms with Crippen molar-refractivity contribution >= 4 is 5.97 Å². The van der Waals surface area contributed by atoms with E-state index < -0.39 is 0 Å². The predicted octanol–water partition coefficient (Wildman–Crippen LogP) is 2.89. The van der Waals surface area contributed by atoms with Gasteiger partial charge in [-0.2, -0.15) is 0 Å². The van der Waals surface area contributed by atoms with Gasteiger partial charge in [-0.3, -0.25) is 4.90 Å². The van der Waals surface area contributed by atoms with Gasteiger partial charge in [-0.05, 0) is 57.6 Å². The second-order valence-electron chi connectivity index (χ2n) is 7.67. The third-order valence-corrected chi connectivity index (χ3v) is 5.37.